The molecule has 1 unspecified atom stereocenters. The van der Waals surface area contributed by atoms with E-state index in [4.69, 9.17) is 14.6 Å². The first-order valence-corrected chi connectivity index (χ1v) is 8.65. The number of ether oxygens (including phenoxy) is 2. The quantitative estimate of drug-likeness (QED) is 0.391. The highest BCUT2D eigenvalue weighted by Crippen LogP contribution is 2.28. The number of rotatable bonds is 5. The Morgan fingerprint density at radius 3 is 2.17 bits per heavy atom. The van der Waals surface area contributed by atoms with Crippen LogP contribution in [-0.4, -0.2) is 67.3 Å². The maximum atomic E-state index is 11.2. The van der Waals surface area contributed by atoms with E-state index in [1.807, 2.05) is 0 Å². The summed E-state index contributed by atoms with van der Waals surface area (Å²) in [4.78, 5) is 11.2. The van der Waals surface area contributed by atoms with Gasteiger partial charge in [0.15, 0.2) is 6.10 Å². The van der Waals surface area contributed by atoms with Gasteiger partial charge in [-0.25, -0.2) is 4.79 Å². The molecule has 6 N–H and O–H groups in total. The van der Waals surface area contributed by atoms with Gasteiger partial charge in [-0.15, -0.1) is 0 Å². The summed E-state index contributed by atoms with van der Waals surface area (Å²) >= 11 is 0. The zero-order valence-electron chi connectivity index (χ0n) is 15.0. The summed E-state index contributed by atoms with van der Waals surface area (Å²) in [6, 6.07) is 10.6. The fourth-order valence-electron chi connectivity index (χ4n) is 2.83. The molecule has 0 aromatic heterocycles. The number of aromatic hydroxyl groups is 2. The molecule has 1 aliphatic heterocycles. The molecule has 9 nitrogen and oxygen atoms in total. The third-order valence-corrected chi connectivity index (χ3v) is 4.34. The number of carboxylic acid groups (broad SMARTS) is 1. The second kappa shape index (κ2) is 8.50. The lowest BCUT2D eigenvalue weighted by Gasteiger charge is -2.38. The number of aliphatic carboxylic acids is 1. The molecular formula is C20H20O9. The SMILES string of the molecule is O=C(O)C1O[C@@H](Oc2cc(O)cc(C=Cc3ccc(O)cc3)c2)[C@@H](O)[C@@H](O)[C@@H]1O. The molecule has 2 aromatic carbocycles. The molecule has 1 fully saturated rings. The molecular weight excluding hydrogens is 384 g/mol. The molecule has 29 heavy (non-hydrogen) atoms. The molecule has 2 aromatic rings. The minimum absolute atomic E-state index is 0.0483. The summed E-state index contributed by atoms with van der Waals surface area (Å²) in [6.45, 7) is 0. The predicted octanol–water partition coefficient (Wildman–Crippen LogP) is 0.539. The van der Waals surface area contributed by atoms with E-state index in [9.17, 15) is 30.3 Å². The summed E-state index contributed by atoms with van der Waals surface area (Å²) < 4.78 is 10.5. The van der Waals surface area contributed by atoms with Crippen LogP contribution in [0.1, 0.15) is 11.1 Å². The van der Waals surface area contributed by atoms with E-state index >= 15 is 0 Å². The second-order valence-corrected chi connectivity index (χ2v) is 6.54. The van der Waals surface area contributed by atoms with Crippen molar-refractivity contribution in [1.29, 1.82) is 0 Å². The zero-order chi connectivity index (χ0) is 21.1. The van der Waals surface area contributed by atoms with Gasteiger partial charge in [-0.1, -0.05) is 24.3 Å². The van der Waals surface area contributed by atoms with Gasteiger partial charge in [0.05, 0.1) is 0 Å². The van der Waals surface area contributed by atoms with Crippen LogP contribution in [0, 0.1) is 0 Å². The van der Waals surface area contributed by atoms with E-state index in [2.05, 4.69) is 0 Å². The molecule has 0 bridgehead atoms. The van der Waals surface area contributed by atoms with Gasteiger partial charge in [0, 0.05) is 6.07 Å². The van der Waals surface area contributed by atoms with Gasteiger partial charge < -0.3 is 40.1 Å². The van der Waals surface area contributed by atoms with Crippen molar-refractivity contribution in [1.82, 2.24) is 0 Å². The van der Waals surface area contributed by atoms with Gasteiger partial charge in [0.2, 0.25) is 6.29 Å². The third kappa shape index (κ3) is 4.84. The van der Waals surface area contributed by atoms with E-state index in [0.717, 1.165) is 5.56 Å². The Morgan fingerprint density at radius 1 is 0.862 bits per heavy atom. The Balaban J connectivity index is 1.78. The molecule has 1 heterocycles. The number of aliphatic hydroxyl groups is 3. The van der Waals surface area contributed by atoms with Crippen LogP contribution in [0.15, 0.2) is 42.5 Å². The lowest BCUT2D eigenvalue weighted by Crippen LogP contribution is -2.61. The minimum atomic E-state index is -1.82. The fraction of sp³-hybridized carbons (Fsp3) is 0.250. The standard InChI is InChI=1S/C20H20O9/c21-12-5-3-10(4-6-12)1-2-11-7-13(22)9-14(8-11)28-20-17(25)15(23)16(24)18(29-20)19(26)27/h1-9,15-18,20-25H,(H,26,27)/t15-,16-,17-,18?,20+/m0/s1. The molecule has 1 aliphatic rings. The van der Waals surface area contributed by atoms with Crippen molar-refractivity contribution in [3.63, 3.8) is 0 Å². The van der Waals surface area contributed by atoms with E-state index in [-0.39, 0.29) is 17.2 Å². The molecule has 1 saturated heterocycles. The topological polar surface area (TPSA) is 157 Å². The highest BCUT2D eigenvalue weighted by Gasteiger charge is 2.48. The second-order valence-electron chi connectivity index (χ2n) is 6.54. The number of benzene rings is 2. The number of carboxylic acids is 1. The van der Waals surface area contributed by atoms with Crippen LogP contribution < -0.4 is 4.74 Å². The molecule has 0 aliphatic carbocycles. The maximum Gasteiger partial charge on any atom is 0.335 e. The fourth-order valence-corrected chi connectivity index (χ4v) is 2.83. The average Bonchev–Trinajstić information content (AvgIpc) is 2.67. The molecule has 3 rings (SSSR count). The number of phenols is 2. The van der Waals surface area contributed by atoms with Crippen molar-refractivity contribution in [3.8, 4) is 17.2 Å². The Labute approximate surface area is 165 Å². The van der Waals surface area contributed by atoms with Gasteiger partial charge in [-0.2, -0.15) is 0 Å². The van der Waals surface area contributed by atoms with Crippen LogP contribution >= 0.6 is 0 Å². The van der Waals surface area contributed by atoms with Crippen LogP contribution in [0.4, 0.5) is 0 Å². The number of phenolic OH excluding ortho intramolecular Hbond substituents is 2. The van der Waals surface area contributed by atoms with Crippen molar-refractivity contribution in [2.45, 2.75) is 30.7 Å². The van der Waals surface area contributed by atoms with E-state index in [1.54, 1.807) is 24.3 Å². The van der Waals surface area contributed by atoms with E-state index in [0.29, 0.717) is 5.56 Å². The maximum absolute atomic E-state index is 11.2. The zero-order valence-corrected chi connectivity index (χ0v) is 15.0. The number of hydrogen-bond donors (Lipinski definition) is 6. The summed E-state index contributed by atoms with van der Waals surface area (Å²) in [7, 11) is 0. The van der Waals surface area contributed by atoms with Crippen molar-refractivity contribution >= 4 is 18.1 Å². The van der Waals surface area contributed by atoms with Crippen LogP contribution in [-0.2, 0) is 9.53 Å². The molecule has 0 spiro atoms. The third-order valence-electron chi connectivity index (χ3n) is 4.34. The number of carbonyl (C=O) groups is 1. The predicted molar refractivity (Wildman–Crippen MR) is 100 cm³/mol. The van der Waals surface area contributed by atoms with Gasteiger partial charge >= 0.3 is 5.97 Å². The molecule has 5 atom stereocenters. The molecule has 0 saturated carbocycles. The minimum Gasteiger partial charge on any atom is -0.508 e. The summed E-state index contributed by atoms with van der Waals surface area (Å²) in [5, 5.41) is 57.9. The summed E-state index contributed by atoms with van der Waals surface area (Å²) in [5.74, 6) is -1.50. The molecule has 0 radical (unpaired) electrons. The van der Waals surface area contributed by atoms with Gasteiger partial charge in [0.1, 0.15) is 35.6 Å². The van der Waals surface area contributed by atoms with Gasteiger partial charge in [-0.3, -0.25) is 0 Å². The Kier molecular flexibility index (Phi) is 6.04. The van der Waals surface area contributed by atoms with Crippen LogP contribution in [0.2, 0.25) is 0 Å². The van der Waals surface area contributed by atoms with E-state index in [1.165, 1.54) is 30.3 Å². The summed E-state index contributed by atoms with van der Waals surface area (Å²) in [5.41, 5.74) is 1.31. The van der Waals surface area contributed by atoms with Crippen molar-refractivity contribution < 1.29 is 44.9 Å². The van der Waals surface area contributed by atoms with Gasteiger partial charge in [0.25, 0.3) is 0 Å². The Morgan fingerprint density at radius 2 is 1.52 bits per heavy atom. The first-order valence-electron chi connectivity index (χ1n) is 8.65. The molecule has 9 heteroatoms. The average molecular weight is 404 g/mol. The molecule has 154 valence electrons. The first kappa shape index (κ1) is 20.6. The van der Waals surface area contributed by atoms with Crippen molar-refractivity contribution in [2.24, 2.45) is 0 Å². The lowest BCUT2D eigenvalue weighted by molar-refractivity contribution is -0.271. The van der Waals surface area contributed by atoms with Crippen molar-refractivity contribution in [3.05, 3.63) is 53.6 Å². The van der Waals surface area contributed by atoms with Crippen LogP contribution in [0.3, 0.4) is 0 Å². The van der Waals surface area contributed by atoms with Crippen molar-refractivity contribution in [2.75, 3.05) is 0 Å². The van der Waals surface area contributed by atoms with Gasteiger partial charge in [-0.05, 0) is 35.4 Å². The highest BCUT2D eigenvalue weighted by atomic mass is 16.7. The van der Waals surface area contributed by atoms with Crippen LogP contribution in [0.5, 0.6) is 17.2 Å². The smallest absolute Gasteiger partial charge is 0.335 e. The number of aliphatic hydroxyl groups excluding tert-OH is 3. The Hall–Kier alpha value is -3.11. The summed E-state index contributed by atoms with van der Waals surface area (Å²) in [6.07, 6.45) is -5.30. The number of hydrogen-bond acceptors (Lipinski definition) is 8. The normalized spacial score (nSPS) is 27.1. The van der Waals surface area contributed by atoms with E-state index < -0.39 is 36.7 Å². The highest BCUT2D eigenvalue weighted by molar-refractivity contribution is 5.73. The largest absolute Gasteiger partial charge is 0.508 e. The Bertz CT molecular complexity index is 893. The first-order chi connectivity index (χ1) is 13.7. The monoisotopic (exact) mass is 404 g/mol. The van der Waals surface area contributed by atoms with Crippen LogP contribution in [0.25, 0.3) is 12.2 Å². The molecule has 0 amide bonds. The lowest BCUT2D eigenvalue weighted by atomic mass is 9.99.